The second-order valence-electron chi connectivity index (χ2n) is 9.49. The van der Waals surface area contributed by atoms with E-state index in [4.69, 9.17) is 0 Å². The summed E-state index contributed by atoms with van der Waals surface area (Å²) in [6, 6.07) is 28.4. The molecule has 1 amide bonds. The average Bonchev–Trinajstić information content (AvgIpc) is 3.17. The van der Waals surface area contributed by atoms with E-state index in [2.05, 4.69) is 76.1 Å². The van der Waals surface area contributed by atoms with Gasteiger partial charge in [0.25, 0.3) is 0 Å². The van der Waals surface area contributed by atoms with Gasteiger partial charge in [-0.3, -0.25) is 9.69 Å². The fraction of sp³-hybridized carbons (Fsp3) is 0.310. The molecule has 0 saturated carbocycles. The highest BCUT2D eigenvalue weighted by Crippen LogP contribution is 2.40. The molecule has 1 unspecified atom stereocenters. The van der Waals surface area contributed by atoms with Gasteiger partial charge in [-0.2, -0.15) is 5.10 Å². The molecule has 0 bridgehead atoms. The molecule has 166 valence electrons. The lowest BCUT2D eigenvalue weighted by Crippen LogP contribution is -2.42. The Hall–Kier alpha value is -3.24. The lowest BCUT2D eigenvalue weighted by atomic mass is 9.78. The van der Waals surface area contributed by atoms with Gasteiger partial charge in [0.05, 0.1) is 17.7 Å². The van der Waals surface area contributed by atoms with Crippen molar-refractivity contribution in [2.24, 2.45) is 16.9 Å². The molecule has 4 heteroatoms. The first-order chi connectivity index (χ1) is 16.3. The number of carbonyl (C=O) groups is 1. The number of amides is 1. The first kappa shape index (κ1) is 20.4. The third-order valence-corrected chi connectivity index (χ3v) is 7.71. The van der Waals surface area contributed by atoms with Gasteiger partial charge >= 0.3 is 0 Å². The standard InChI is InChI=1S/C29H29N3O/c33-29-26(27(30-31-29)23-10-2-1-3-11-23)22-16-18-32(19-17-22)28-24-12-6-4-8-20(24)14-15-21-9-5-7-13-25(21)28/h1-13,22,26,28H,14-19H2,(H,31,33). The molecule has 0 aromatic heterocycles. The maximum Gasteiger partial charge on any atom is 0.249 e. The van der Waals surface area contributed by atoms with Crippen LogP contribution in [0.25, 0.3) is 0 Å². The van der Waals surface area contributed by atoms with Gasteiger partial charge < -0.3 is 0 Å². The van der Waals surface area contributed by atoms with Gasteiger partial charge in [0, 0.05) is 0 Å². The number of likely N-dealkylation sites (tertiary alicyclic amines) is 1. The van der Waals surface area contributed by atoms with Crippen LogP contribution in [0.2, 0.25) is 0 Å². The molecule has 3 aromatic rings. The van der Waals surface area contributed by atoms with Crippen molar-refractivity contribution in [1.82, 2.24) is 10.3 Å². The minimum Gasteiger partial charge on any atom is -0.292 e. The van der Waals surface area contributed by atoms with Crippen LogP contribution in [0.3, 0.4) is 0 Å². The minimum absolute atomic E-state index is 0.0532. The van der Waals surface area contributed by atoms with Crippen molar-refractivity contribution >= 4 is 11.6 Å². The molecule has 2 heterocycles. The highest BCUT2D eigenvalue weighted by atomic mass is 16.2. The van der Waals surface area contributed by atoms with Gasteiger partial charge in [0.1, 0.15) is 0 Å². The molecule has 0 radical (unpaired) electrons. The maximum atomic E-state index is 12.8. The third kappa shape index (κ3) is 3.68. The zero-order chi connectivity index (χ0) is 22.2. The molecule has 1 fully saturated rings. The van der Waals surface area contributed by atoms with E-state index in [-0.39, 0.29) is 11.8 Å². The minimum atomic E-state index is -0.150. The zero-order valence-electron chi connectivity index (χ0n) is 18.8. The molecular weight excluding hydrogens is 406 g/mol. The van der Waals surface area contributed by atoms with Crippen LogP contribution < -0.4 is 5.43 Å². The summed E-state index contributed by atoms with van der Waals surface area (Å²) in [7, 11) is 0. The Morgan fingerprint density at radius 3 is 1.97 bits per heavy atom. The van der Waals surface area contributed by atoms with E-state index in [1.807, 2.05) is 18.2 Å². The topological polar surface area (TPSA) is 44.7 Å². The first-order valence-corrected chi connectivity index (χ1v) is 12.1. The molecular formula is C29H29N3O. The number of nitrogens with one attached hydrogen (secondary N) is 1. The fourth-order valence-corrected chi connectivity index (χ4v) is 6.07. The quantitative estimate of drug-likeness (QED) is 0.646. The second kappa shape index (κ2) is 8.60. The van der Waals surface area contributed by atoms with Gasteiger partial charge in [0.2, 0.25) is 5.91 Å². The van der Waals surface area contributed by atoms with E-state index >= 15 is 0 Å². The number of hydrazone groups is 1. The van der Waals surface area contributed by atoms with Gasteiger partial charge in [-0.25, -0.2) is 5.43 Å². The van der Waals surface area contributed by atoms with Crippen LogP contribution in [0.15, 0.2) is 84.0 Å². The van der Waals surface area contributed by atoms with E-state index in [0.29, 0.717) is 12.0 Å². The largest absolute Gasteiger partial charge is 0.292 e. The molecule has 1 saturated heterocycles. The van der Waals surface area contributed by atoms with E-state index < -0.39 is 0 Å². The van der Waals surface area contributed by atoms with Crippen LogP contribution in [-0.2, 0) is 17.6 Å². The molecule has 1 N–H and O–H groups in total. The average molecular weight is 436 g/mol. The van der Waals surface area contributed by atoms with Crippen LogP contribution in [0, 0.1) is 11.8 Å². The van der Waals surface area contributed by atoms with Gasteiger partial charge in [-0.1, -0.05) is 78.9 Å². The predicted octanol–water partition coefficient (Wildman–Crippen LogP) is 4.74. The van der Waals surface area contributed by atoms with Crippen molar-refractivity contribution in [2.75, 3.05) is 13.1 Å². The molecule has 1 aliphatic carbocycles. The lowest BCUT2D eigenvalue weighted by Gasteiger charge is -2.40. The Morgan fingerprint density at radius 2 is 1.33 bits per heavy atom. The van der Waals surface area contributed by atoms with Crippen LogP contribution in [-0.4, -0.2) is 29.6 Å². The summed E-state index contributed by atoms with van der Waals surface area (Å²) in [5.41, 5.74) is 10.6. The Morgan fingerprint density at radius 1 is 0.758 bits per heavy atom. The molecule has 4 nitrogen and oxygen atoms in total. The molecule has 3 aromatic carbocycles. The summed E-state index contributed by atoms with van der Waals surface area (Å²) in [4.78, 5) is 15.4. The number of benzene rings is 3. The third-order valence-electron chi connectivity index (χ3n) is 7.71. The number of carbonyl (C=O) groups excluding carboxylic acids is 1. The fourth-order valence-electron chi connectivity index (χ4n) is 6.07. The number of piperidine rings is 1. The monoisotopic (exact) mass is 435 g/mol. The van der Waals surface area contributed by atoms with Crippen LogP contribution in [0.1, 0.15) is 46.7 Å². The normalized spacial score (nSPS) is 21.6. The van der Waals surface area contributed by atoms with Crippen molar-refractivity contribution < 1.29 is 4.79 Å². The van der Waals surface area contributed by atoms with E-state index in [0.717, 1.165) is 50.0 Å². The molecule has 1 atom stereocenters. The van der Waals surface area contributed by atoms with E-state index in [1.165, 1.54) is 22.3 Å². The van der Waals surface area contributed by atoms with Gasteiger partial charge in [0.15, 0.2) is 0 Å². The maximum absolute atomic E-state index is 12.8. The number of hydrogen-bond acceptors (Lipinski definition) is 3. The molecule has 3 aliphatic rings. The van der Waals surface area contributed by atoms with Crippen molar-refractivity contribution in [3.8, 4) is 0 Å². The number of aryl methyl sites for hydroxylation is 2. The summed E-state index contributed by atoms with van der Waals surface area (Å²) in [6.45, 7) is 1.98. The second-order valence-corrected chi connectivity index (χ2v) is 9.49. The van der Waals surface area contributed by atoms with Crippen molar-refractivity contribution in [3.05, 3.63) is 107 Å². The first-order valence-electron chi connectivity index (χ1n) is 12.1. The summed E-state index contributed by atoms with van der Waals surface area (Å²) in [5, 5.41) is 4.43. The van der Waals surface area contributed by atoms with Crippen LogP contribution >= 0.6 is 0 Å². The van der Waals surface area contributed by atoms with Crippen LogP contribution in [0.5, 0.6) is 0 Å². The lowest BCUT2D eigenvalue weighted by molar-refractivity contribution is -0.123. The molecule has 0 spiro atoms. The predicted molar refractivity (Wildman–Crippen MR) is 131 cm³/mol. The number of rotatable bonds is 3. The zero-order valence-corrected chi connectivity index (χ0v) is 18.8. The summed E-state index contributed by atoms with van der Waals surface area (Å²) in [5.74, 6) is 0.222. The Labute approximate surface area is 195 Å². The Kier molecular flexibility index (Phi) is 5.31. The highest BCUT2D eigenvalue weighted by molar-refractivity contribution is 6.16. The smallest absolute Gasteiger partial charge is 0.249 e. The number of fused-ring (bicyclic) bond motifs is 2. The molecule has 33 heavy (non-hydrogen) atoms. The summed E-state index contributed by atoms with van der Waals surface area (Å²) in [6.07, 6.45) is 4.20. The van der Waals surface area contributed by atoms with Gasteiger partial charge in [-0.15, -0.1) is 0 Å². The van der Waals surface area contributed by atoms with Gasteiger partial charge in [-0.05, 0) is 72.5 Å². The highest BCUT2D eigenvalue weighted by Gasteiger charge is 2.40. The molecule has 6 rings (SSSR count). The van der Waals surface area contributed by atoms with Crippen molar-refractivity contribution in [3.63, 3.8) is 0 Å². The summed E-state index contributed by atoms with van der Waals surface area (Å²) < 4.78 is 0. The SMILES string of the molecule is O=C1NN=C(c2ccccc2)C1C1CCN(C2c3ccccc3CCc3ccccc32)CC1. The Bertz CT molecular complexity index is 1150. The van der Waals surface area contributed by atoms with E-state index in [1.54, 1.807) is 0 Å². The number of nitrogens with zero attached hydrogens (tertiary/aromatic N) is 2. The van der Waals surface area contributed by atoms with E-state index in [9.17, 15) is 4.79 Å². The summed E-state index contributed by atoms with van der Waals surface area (Å²) >= 11 is 0. The van der Waals surface area contributed by atoms with Crippen molar-refractivity contribution in [2.45, 2.75) is 31.7 Å². The van der Waals surface area contributed by atoms with Crippen molar-refractivity contribution in [1.29, 1.82) is 0 Å². The Balaban J connectivity index is 1.27. The molecule has 2 aliphatic heterocycles. The number of hydrogen-bond donors (Lipinski definition) is 1. The van der Waals surface area contributed by atoms with Crippen LogP contribution in [0.4, 0.5) is 0 Å².